The SMILES string of the molecule is CC(CC=CC(C)(C)OO)C1CCC2C3CC(=O)C4=CC(=O)CCC4(C)C3CCC12C. The summed E-state index contributed by atoms with van der Waals surface area (Å²) in [7, 11) is 0. The molecule has 3 fully saturated rings. The van der Waals surface area contributed by atoms with Crippen LogP contribution in [0, 0.1) is 40.4 Å². The summed E-state index contributed by atoms with van der Waals surface area (Å²) < 4.78 is 0. The largest absolute Gasteiger partial charge is 0.295 e. The first-order chi connectivity index (χ1) is 14.5. The molecule has 0 saturated heterocycles. The summed E-state index contributed by atoms with van der Waals surface area (Å²) in [4.78, 5) is 29.7. The number of hydrogen-bond acceptors (Lipinski definition) is 4. The van der Waals surface area contributed by atoms with E-state index in [2.05, 4.69) is 31.7 Å². The molecule has 0 spiro atoms. The molecular weight excluding hydrogens is 388 g/mol. The van der Waals surface area contributed by atoms with Gasteiger partial charge in [-0.1, -0.05) is 32.9 Å². The number of carbonyl (C=O) groups excluding carboxylic acids is 2. The van der Waals surface area contributed by atoms with E-state index in [0.29, 0.717) is 47.8 Å². The molecule has 4 nitrogen and oxygen atoms in total. The van der Waals surface area contributed by atoms with Gasteiger partial charge in [0.2, 0.25) is 0 Å². The van der Waals surface area contributed by atoms with E-state index in [0.717, 1.165) is 18.4 Å². The average molecular weight is 429 g/mol. The fourth-order valence-corrected chi connectivity index (χ4v) is 8.12. The lowest BCUT2D eigenvalue weighted by molar-refractivity contribution is -0.297. The molecule has 4 aliphatic carbocycles. The lowest BCUT2D eigenvalue weighted by Crippen LogP contribution is -2.53. The van der Waals surface area contributed by atoms with Gasteiger partial charge in [0.05, 0.1) is 0 Å². The Kier molecular flexibility index (Phi) is 5.88. The number of allylic oxidation sites excluding steroid dienone is 2. The Hall–Kier alpha value is -1.26. The highest BCUT2D eigenvalue weighted by Crippen LogP contribution is 2.67. The Morgan fingerprint density at radius 3 is 2.65 bits per heavy atom. The molecule has 4 heteroatoms. The second-order valence-corrected chi connectivity index (χ2v) is 12.0. The van der Waals surface area contributed by atoms with Crippen LogP contribution in [0.3, 0.4) is 0 Å². The minimum absolute atomic E-state index is 0.0996. The second kappa shape index (κ2) is 7.95. The van der Waals surface area contributed by atoms with E-state index >= 15 is 0 Å². The molecule has 31 heavy (non-hydrogen) atoms. The van der Waals surface area contributed by atoms with E-state index in [4.69, 9.17) is 5.26 Å². The second-order valence-electron chi connectivity index (χ2n) is 12.0. The molecule has 0 aliphatic heterocycles. The van der Waals surface area contributed by atoms with Gasteiger partial charge in [0.15, 0.2) is 11.6 Å². The smallest absolute Gasteiger partial charge is 0.159 e. The van der Waals surface area contributed by atoms with Crippen LogP contribution in [0.25, 0.3) is 0 Å². The van der Waals surface area contributed by atoms with Crippen LogP contribution < -0.4 is 0 Å². The van der Waals surface area contributed by atoms with Gasteiger partial charge in [0.25, 0.3) is 0 Å². The number of Topliss-reactive ketones (excluding diaryl/α,β-unsaturated/α-hetero) is 1. The van der Waals surface area contributed by atoms with E-state index in [-0.39, 0.29) is 17.0 Å². The van der Waals surface area contributed by atoms with Gasteiger partial charge in [-0.05, 0) is 98.9 Å². The molecular formula is C27H40O4. The van der Waals surface area contributed by atoms with Crippen LogP contribution in [0.5, 0.6) is 0 Å². The van der Waals surface area contributed by atoms with Gasteiger partial charge in [-0.25, -0.2) is 4.89 Å². The van der Waals surface area contributed by atoms with Crippen molar-refractivity contribution in [3.63, 3.8) is 0 Å². The zero-order valence-electron chi connectivity index (χ0n) is 19.9. The first-order valence-corrected chi connectivity index (χ1v) is 12.3. The van der Waals surface area contributed by atoms with Gasteiger partial charge in [-0.2, -0.15) is 0 Å². The Morgan fingerprint density at radius 2 is 1.94 bits per heavy atom. The quantitative estimate of drug-likeness (QED) is 0.323. The van der Waals surface area contributed by atoms with E-state index in [9.17, 15) is 9.59 Å². The van der Waals surface area contributed by atoms with Crippen molar-refractivity contribution in [3.05, 3.63) is 23.8 Å². The maximum Gasteiger partial charge on any atom is 0.159 e. The molecule has 1 N–H and O–H groups in total. The van der Waals surface area contributed by atoms with Gasteiger partial charge >= 0.3 is 0 Å². The number of carbonyl (C=O) groups is 2. The number of rotatable bonds is 5. The number of ketones is 2. The highest BCUT2D eigenvalue weighted by molar-refractivity contribution is 6.05. The zero-order chi connectivity index (χ0) is 22.6. The zero-order valence-corrected chi connectivity index (χ0v) is 19.9. The third kappa shape index (κ3) is 3.78. The van der Waals surface area contributed by atoms with E-state index in [1.165, 1.54) is 25.7 Å². The van der Waals surface area contributed by atoms with Crippen molar-refractivity contribution in [3.8, 4) is 0 Å². The molecule has 4 aliphatic rings. The number of hydrogen-bond donors (Lipinski definition) is 1. The molecule has 0 aromatic heterocycles. The minimum atomic E-state index is -0.648. The minimum Gasteiger partial charge on any atom is -0.295 e. The van der Waals surface area contributed by atoms with Crippen LogP contribution in [-0.4, -0.2) is 22.4 Å². The van der Waals surface area contributed by atoms with Crippen LogP contribution in [0.4, 0.5) is 0 Å². The van der Waals surface area contributed by atoms with Crippen LogP contribution in [0.1, 0.15) is 86.0 Å². The molecule has 7 atom stereocenters. The first-order valence-electron chi connectivity index (χ1n) is 12.3. The van der Waals surface area contributed by atoms with Crippen molar-refractivity contribution >= 4 is 11.6 Å². The number of fused-ring (bicyclic) bond motifs is 5. The van der Waals surface area contributed by atoms with Crippen molar-refractivity contribution in [1.82, 2.24) is 0 Å². The van der Waals surface area contributed by atoms with Gasteiger partial charge in [0, 0.05) is 18.4 Å². The van der Waals surface area contributed by atoms with Crippen molar-refractivity contribution in [1.29, 1.82) is 0 Å². The van der Waals surface area contributed by atoms with Gasteiger partial charge in [0.1, 0.15) is 5.60 Å². The van der Waals surface area contributed by atoms with Gasteiger partial charge in [-0.3, -0.25) is 14.8 Å². The lowest BCUT2D eigenvalue weighted by Gasteiger charge is -2.57. The van der Waals surface area contributed by atoms with Gasteiger partial charge < -0.3 is 0 Å². The molecule has 0 amide bonds. The highest BCUT2D eigenvalue weighted by atomic mass is 17.1. The predicted octanol–water partition coefficient (Wildman–Crippen LogP) is 6.16. The summed E-state index contributed by atoms with van der Waals surface area (Å²) >= 11 is 0. The Morgan fingerprint density at radius 1 is 1.19 bits per heavy atom. The van der Waals surface area contributed by atoms with Crippen LogP contribution in [0.2, 0.25) is 0 Å². The fraction of sp³-hybridized carbons (Fsp3) is 0.778. The summed E-state index contributed by atoms with van der Waals surface area (Å²) in [6.45, 7) is 10.8. The third-order valence-corrected chi connectivity index (χ3v) is 9.81. The van der Waals surface area contributed by atoms with Gasteiger partial charge in [-0.15, -0.1) is 0 Å². The summed E-state index contributed by atoms with van der Waals surface area (Å²) in [6.07, 6.45) is 13.7. The van der Waals surface area contributed by atoms with Crippen molar-refractivity contribution in [2.24, 2.45) is 40.4 Å². The van der Waals surface area contributed by atoms with E-state index < -0.39 is 5.60 Å². The topological polar surface area (TPSA) is 63.6 Å². The normalized spacial score (nSPS) is 41.5. The van der Waals surface area contributed by atoms with Crippen molar-refractivity contribution in [2.75, 3.05) is 0 Å². The molecule has 0 aromatic carbocycles. The molecule has 0 aromatic rings. The molecule has 0 heterocycles. The molecule has 0 bridgehead atoms. The lowest BCUT2D eigenvalue weighted by atomic mass is 9.46. The Bertz CT molecular complexity index is 808. The van der Waals surface area contributed by atoms with Crippen molar-refractivity contribution in [2.45, 2.75) is 91.6 Å². The standard InChI is InChI=1S/C27H40O4/c1-17(7-6-12-25(2,3)31-30)20-8-9-21-19-16-24(29)23-15-18(28)10-13-27(23,5)22(19)11-14-26(20,21)4/h6,12,15,17,19-22,30H,7-11,13-14,16H2,1-5H3. The van der Waals surface area contributed by atoms with Crippen LogP contribution >= 0.6 is 0 Å². The molecule has 0 radical (unpaired) electrons. The van der Waals surface area contributed by atoms with E-state index in [1.54, 1.807) is 6.08 Å². The first kappa shape index (κ1) is 22.9. The molecule has 172 valence electrons. The predicted molar refractivity (Wildman–Crippen MR) is 121 cm³/mol. The molecule has 7 unspecified atom stereocenters. The highest BCUT2D eigenvalue weighted by Gasteiger charge is 2.60. The van der Waals surface area contributed by atoms with Crippen molar-refractivity contribution < 1.29 is 19.7 Å². The fourth-order valence-electron chi connectivity index (χ4n) is 8.12. The van der Waals surface area contributed by atoms with Crippen LogP contribution in [-0.2, 0) is 14.5 Å². The summed E-state index contributed by atoms with van der Waals surface area (Å²) in [5.41, 5.74) is 0.386. The molecule has 4 rings (SSSR count). The maximum atomic E-state index is 13.1. The third-order valence-electron chi connectivity index (χ3n) is 9.81. The summed E-state index contributed by atoms with van der Waals surface area (Å²) in [5.74, 6) is 3.23. The Labute approximate surface area is 187 Å². The van der Waals surface area contributed by atoms with E-state index in [1.807, 2.05) is 19.9 Å². The monoisotopic (exact) mass is 428 g/mol. The summed E-state index contributed by atoms with van der Waals surface area (Å²) in [6, 6.07) is 0. The average Bonchev–Trinajstić information content (AvgIpc) is 3.07. The summed E-state index contributed by atoms with van der Waals surface area (Å²) in [5, 5.41) is 9.01. The molecule has 3 saturated carbocycles. The Balaban J connectivity index is 1.53. The van der Waals surface area contributed by atoms with Crippen LogP contribution in [0.15, 0.2) is 23.8 Å². The maximum absolute atomic E-state index is 13.1.